The molecule has 1 atom stereocenters. The van der Waals surface area contributed by atoms with Crippen molar-refractivity contribution in [1.82, 2.24) is 15.3 Å². The Labute approximate surface area is 146 Å². The Kier molecular flexibility index (Phi) is 5.43. The minimum Gasteiger partial charge on any atom is -0.368 e. The number of hydrogen-bond donors (Lipinski definition) is 3. The van der Waals surface area contributed by atoms with E-state index < -0.39 is 5.41 Å². The van der Waals surface area contributed by atoms with Gasteiger partial charge in [0.05, 0.1) is 6.04 Å². The molecule has 0 unspecified atom stereocenters. The molecule has 0 bridgehead atoms. The number of hydrogen-bond acceptors (Lipinski definition) is 5. The molecular weight excluding hydrogens is 330 g/mol. The molecule has 1 fully saturated rings. The molecule has 8 heteroatoms. The number of carbonyl (C=O) groups excluding carboxylic acids is 2. The summed E-state index contributed by atoms with van der Waals surface area (Å²) in [5.74, 6) is 0.507. The highest BCUT2D eigenvalue weighted by Crippen LogP contribution is 2.25. The quantitative estimate of drug-likeness (QED) is 0.414. The Hall–Kier alpha value is -2.15. The van der Waals surface area contributed by atoms with Gasteiger partial charge in [-0.05, 0) is 6.42 Å². The molecule has 3 N–H and O–H groups in total. The molecule has 130 valence electrons. The van der Waals surface area contributed by atoms with Crippen LogP contribution in [0.2, 0.25) is 5.15 Å². The van der Waals surface area contributed by atoms with E-state index in [1.54, 1.807) is 26.8 Å². The number of aromatic nitrogens is 2. The van der Waals surface area contributed by atoms with Gasteiger partial charge in [0, 0.05) is 23.9 Å². The SMILES string of the molecule is C=CCc1c(Cl)nc(NC(=O)C(C)(C)C)nc1NC[C@@H]1CC(=O)N1. The Morgan fingerprint density at radius 3 is 2.67 bits per heavy atom. The van der Waals surface area contributed by atoms with Gasteiger partial charge in [0.15, 0.2) is 0 Å². The van der Waals surface area contributed by atoms with Crippen molar-refractivity contribution in [1.29, 1.82) is 0 Å². The number of nitrogens with zero attached hydrogens (tertiary/aromatic N) is 2. The molecule has 1 aliphatic heterocycles. The summed E-state index contributed by atoms with van der Waals surface area (Å²) in [5, 5.41) is 8.87. The van der Waals surface area contributed by atoms with Gasteiger partial charge in [0.25, 0.3) is 0 Å². The largest absolute Gasteiger partial charge is 0.368 e. The average molecular weight is 352 g/mol. The summed E-state index contributed by atoms with van der Waals surface area (Å²) in [6, 6.07) is 0.0652. The maximum absolute atomic E-state index is 12.1. The third-order valence-corrected chi connectivity index (χ3v) is 3.84. The molecule has 2 amide bonds. The van der Waals surface area contributed by atoms with Crippen LogP contribution in [-0.4, -0.2) is 34.4 Å². The van der Waals surface area contributed by atoms with Crippen LogP contribution in [0.3, 0.4) is 0 Å². The summed E-state index contributed by atoms with van der Waals surface area (Å²) in [6.45, 7) is 9.63. The Morgan fingerprint density at radius 1 is 1.46 bits per heavy atom. The molecule has 0 radical (unpaired) electrons. The van der Waals surface area contributed by atoms with E-state index in [4.69, 9.17) is 11.6 Å². The highest BCUT2D eigenvalue weighted by molar-refractivity contribution is 6.30. The zero-order valence-corrected chi connectivity index (χ0v) is 14.8. The van der Waals surface area contributed by atoms with Gasteiger partial charge in [0.2, 0.25) is 17.8 Å². The van der Waals surface area contributed by atoms with Crippen molar-refractivity contribution < 1.29 is 9.59 Å². The van der Waals surface area contributed by atoms with E-state index in [1.165, 1.54) is 0 Å². The fourth-order valence-corrected chi connectivity index (χ4v) is 2.29. The molecular formula is C16H22ClN5O2. The summed E-state index contributed by atoms with van der Waals surface area (Å²) >= 11 is 6.24. The zero-order chi connectivity index (χ0) is 17.9. The van der Waals surface area contributed by atoms with Crippen molar-refractivity contribution in [3.05, 3.63) is 23.4 Å². The molecule has 0 saturated carbocycles. The molecule has 1 saturated heterocycles. The lowest BCUT2D eigenvalue weighted by molar-refractivity contribution is -0.127. The lowest BCUT2D eigenvalue weighted by Gasteiger charge is -2.27. The monoisotopic (exact) mass is 351 g/mol. The van der Waals surface area contributed by atoms with Gasteiger partial charge >= 0.3 is 0 Å². The number of allylic oxidation sites excluding steroid dienone is 1. The topological polar surface area (TPSA) is 96.0 Å². The zero-order valence-electron chi connectivity index (χ0n) is 14.1. The van der Waals surface area contributed by atoms with Crippen molar-refractivity contribution >= 4 is 35.2 Å². The maximum Gasteiger partial charge on any atom is 0.232 e. The van der Waals surface area contributed by atoms with Crippen LogP contribution in [0, 0.1) is 5.41 Å². The summed E-state index contributed by atoms with van der Waals surface area (Å²) in [7, 11) is 0. The molecule has 0 aromatic carbocycles. The number of rotatable bonds is 6. The predicted octanol–water partition coefficient (Wildman–Crippen LogP) is 2.14. The maximum atomic E-state index is 12.1. The van der Waals surface area contributed by atoms with Crippen molar-refractivity contribution in [3.8, 4) is 0 Å². The van der Waals surface area contributed by atoms with Crippen LogP contribution in [0.15, 0.2) is 12.7 Å². The fraction of sp³-hybridized carbons (Fsp3) is 0.500. The number of nitrogens with one attached hydrogen (secondary N) is 3. The van der Waals surface area contributed by atoms with E-state index >= 15 is 0 Å². The minimum atomic E-state index is -0.570. The highest BCUT2D eigenvalue weighted by Gasteiger charge is 2.26. The third kappa shape index (κ3) is 4.44. The molecule has 0 aliphatic carbocycles. The lowest BCUT2D eigenvalue weighted by Crippen LogP contribution is -2.52. The first kappa shape index (κ1) is 18.2. The Bertz CT molecular complexity index is 661. The van der Waals surface area contributed by atoms with Gasteiger partial charge in [-0.2, -0.15) is 4.98 Å². The summed E-state index contributed by atoms with van der Waals surface area (Å²) in [4.78, 5) is 31.6. The van der Waals surface area contributed by atoms with Gasteiger partial charge < -0.3 is 10.6 Å². The van der Waals surface area contributed by atoms with E-state index in [0.29, 0.717) is 30.8 Å². The predicted molar refractivity (Wildman–Crippen MR) is 94.1 cm³/mol. The average Bonchev–Trinajstić information content (AvgIpc) is 2.44. The second-order valence-corrected chi connectivity index (χ2v) is 7.07. The standard InChI is InChI=1S/C16H22ClN5O2/c1-5-6-10-12(17)20-15(22-14(24)16(2,3)4)21-13(10)18-8-9-7-11(23)19-9/h5,9H,1,6-8H2,2-4H3,(H,19,23)(H2,18,20,21,22,24)/t9-/m0/s1. The van der Waals surface area contributed by atoms with Gasteiger partial charge in [-0.3, -0.25) is 14.9 Å². The second kappa shape index (κ2) is 7.17. The fourth-order valence-electron chi connectivity index (χ4n) is 2.05. The van der Waals surface area contributed by atoms with E-state index in [2.05, 4.69) is 32.5 Å². The van der Waals surface area contributed by atoms with E-state index in [0.717, 1.165) is 0 Å². The first-order valence-electron chi connectivity index (χ1n) is 7.72. The number of β-lactam (4-membered cyclic amide) rings is 1. The van der Waals surface area contributed by atoms with Crippen molar-refractivity contribution in [3.63, 3.8) is 0 Å². The van der Waals surface area contributed by atoms with Crippen LogP contribution in [0.4, 0.5) is 11.8 Å². The van der Waals surface area contributed by atoms with Crippen molar-refractivity contribution in [2.75, 3.05) is 17.2 Å². The van der Waals surface area contributed by atoms with Gasteiger partial charge in [-0.15, -0.1) is 6.58 Å². The molecule has 1 aliphatic rings. The van der Waals surface area contributed by atoms with E-state index in [-0.39, 0.29) is 29.0 Å². The number of anilines is 2. The van der Waals surface area contributed by atoms with Crippen LogP contribution in [-0.2, 0) is 16.0 Å². The molecule has 0 spiro atoms. The van der Waals surface area contributed by atoms with Crippen molar-refractivity contribution in [2.45, 2.75) is 39.7 Å². The van der Waals surface area contributed by atoms with Crippen LogP contribution < -0.4 is 16.0 Å². The number of amides is 2. The van der Waals surface area contributed by atoms with Gasteiger partial charge in [-0.25, -0.2) is 4.98 Å². The normalized spacial score (nSPS) is 16.8. The van der Waals surface area contributed by atoms with Gasteiger partial charge in [-0.1, -0.05) is 38.4 Å². The van der Waals surface area contributed by atoms with E-state index in [1.807, 2.05) is 0 Å². The van der Waals surface area contributed by atoms with Crippen LogP contribution in [0.1, 0.15) is 32.8 Å². The third-order valence-electron chi connectivity index (χ3n) is 3.52. The summed E-state index contributed by atoms with van der Waals surface area (Å²) in [5.41, 5.74) is 0.130. The molecule has 24 heavy (non-hydrogen) atoms. The number of halogens is 1. The van der Waals surface area contributed by atoms with Crippen LogP contribution in [0.25, 0.3) is 0 Å². The minimum absolute atomic E-state index is 0.0342. The second-order valence-electron chi connectivity index (χ2n) is 6.71. The Balaban J connectivity index is 2.19. The van der Waals surface area contributed by atoms with E-state index in [9.17, 15) is 9.59 Å². The lowest BCUT2D eigenvalue weighted by atomic mass is 9.96. The van der Waals surface area contributed by atoms with Crippen molar-refractivity contribution in [2.24, 2.45) is 5.41 Å². The molecule has 1 aromatic heterocycles. The summed E-state index contributed by atoms with van der Waals surface area (Å²) < 4.78 is 0. The molecule has 2 rings (SSSR count). The smallest absolute Gasteiger partial charge is 0.232 e. The van der Waals surface area contributed by atoms with Gasteiger partial charge in [0.1, 0.15) is 11.0 Å². The summed E-state index contributed by atoms with van der Waals surface area (Å²) in [6.07, 6.45) is 2.68. The van der Waals surface area contributed by atoms with Crippen LogP contribution >= 0.6 is 11.6 Å². The first-order chi connectivity index (χ1) is 11.2. The van der Waals surface area contributed by atoms with Crippen LogP contribution in [0.5, 0.6) is 0 Å². The highest BCUT2D eigenvalue weighted by atomic mass is 35.5. The molecule has 7 nitrogen and oxygen atoms in total. The molecule has 1 aromatic rings. The molecule has 2 heterocycles. The first-order valence-corrected chi connectivity index (χ1v) is 8.10. The Morgan fingerprint density at radius 2 is 2.12 bits per heavy atom. The number of carbonyl (C=O) groups is 2.